The van der Waals surface area contributed by atoms with Gasteiger partial charge < -0.3 is 9.84 Å². The van der Waals surface area contributed by atoms with Gasteiger partial charge in [-0.05, 0) is 24.6 Å². The minimum absolute atomic E-state index is 0.202. The van der Waals surface area contributed by atoms with E-state index in [-0.39, 0.29) is 5.91 Å². The summed E-state index contributed by atoms with van der Waals surface area (Å²) < 4.78 is 5.74. The predicted molar refractivity (Wildman–Crippen MR) is 109 cm³/mol. The fraction of sp³-hybridized carbons (Fsp3) is 0.200. The van der Waals surface area contributed by atoms with E-state index in [2.05, 4.69) is 22.6 Å². The SMILES string of the molecule is Cc1onc(-c2ccccc2)c1C(=O)Nc1cccc(C2SCCS2)c1. The van der Waals surface area contributed by atoms with Crippen LogP contribution in [0, 0.1) is 6.92 Å². The van der Waals surface area contributed by atoms with E-state index in [1.807, 2.05) is 66.0 Å². The lowest BCUT2D eigenvalue weighted by Crippen LogP contribution is -2.13. The lowest BCUT2D eigenvalue weighted by atomic mass is 10.1. The number of anilines is 1. The molecule has 1 fully saturated rings. The fourth-order valence-electron chi connectivity index (χ4n) is 2.94. The molecule has 2 aromatic carbocycles. The van der Waals surface area contributed by atoms with Gasteiger partial charge >= 0.3 is 0 Å². The first-order chi connectivity index (χ1) is 12.7. The molecule has 4 nitrogen and oxygen atoms in total. The van der Waals surface area contributed by atoms with Gasteiger partial charge in [-0.15, -0.1) is 23.5 Å². The third kappa shape index (κ3) is 3.52. The monoisotopic (exact) mass is 382 g/mol. The molecule has 26 heavy (non-hydrogen) atoms. The summed E-state index contributed by atoms with van der Waals surface area (Å²) in [6, 6.07) is 17.7. The molecule has 3 aromatic rings. The second-order valence-electron chi connectivity index (χ2n) is 5.98. The molecule has 0 atom stereocenters. The van der Waals surface area contributed by atoms with E-state index < -0.39 is 0 Å². The second-order valence-corrected chi connectivity index (χ2v) is 8.71. The summed E-state index contributed by atoms with van der Waals surface area (Å²) in [7, 11) is 0. The average molecular weight is 383 g/mol. The lowest BCUT2D eigenvalue weighted by molar-refractivity contribution is 0.102. The minimum Gasteiger partial charge on any atom is -0.360 e. The molecule has 0 radical (unpaired) electrons. The van der Waals surface area contributed by atoms with Gasteiger partial charge in [-0.3, -0.25) is 4.79 Å². The van der Waals surface area contributed by atoms with E-state index in [9.17, 15) is 4.79 Å². The molecule has 1 saturated heterocycles. The minimum atomic E-state index is -0.202. The number of nitrogens with one attached hydrogen (secondary N) is 1. The van der Waals surface area contributed by atoms with Gasteiger partial charge in [0, 0.05) is 22.8 Å². The van der Waals surface area contributed by atoms with Crippen molar-refractivity contribution in [2.24, 2.45) is 0 Å². The van der Waals surface area contributed by atoms with Crippen LogP contribution in [0.25, 0.3) is 11.3 Å². The van der Waals surface area contributed by atoms with Crippen molar-refractivity contribution in [3.8, 4) is 11.3 Å². The van der Waals surface area contributed by atoms with Crippen molar-refractivity contribution in [3.05, 3.63) is 71.5 Å². The highest BCUT2D eigenvalue weighted by molar-refractivity contribution is 8.19. The lowest BCUT2D eigenvalue weighted by Gasteiger charge is -2.11. The molecule has 1 aromatic heterocycles. The molecule has 0 bridgehead atoms. The van der Waals surface area contributed by atoms with Crippen LogP contribution in [-0.4, -0.2) is 22.6 Å². The van der Waals surface area contributed by atoms with Crippen LogP contribution < -0.4 is 5.32 Å². The van der Waals surface area contributed by atoms with Crippen LogP contribution in [0.5, 0.6) is 0 Å². The first-order valence-electron chi connectivity index (χ1n) is 8.38. The Labute approximate surface area is 160 Å². The zero-order valence-electron chi connectivity index (χ0n) is 14.3. The van der Waals surface area contributed by atoms with Crippen LogP contribution >= 0.6 is 23.5 Å². The molecular formula is C20H18N2O2S2. The highest BCUT2D eigenvalue weighted by Gasteiger charge is 2.22. The molecule has 0 saturated carbocycles. The number of hydrogen-bond acceptors (Lipinski definition) is 5. The second kappa shape index (κ2) is 7.60. The Morgan fingerprint density at radius 3 is 2.65 bits per heavy atom. The standard InChI is InChI=1S/C20H18N2O2S2/c1-13-17(18(22-24-13)14-6-3-2-4-7-14)19(23)21-16-9-5-8-15(12-16)20-25-10-11-26-20/h2-9,12,20H,10-11H2,1H3,(H,21,23). The highest BCUT2D eigenvalue weighted by atomic mass is 32.2. The normalized spacial score (nSPS) is 14.5. The maximum Gasteiger partial charge on any atom is 0.261 e. The number of thioether (sulfide) groups is 2. The zero-order valence-corrected chi connectivity index (χ0v) is 15.9. The Hall–Kier alpha value is -2.18. The molecule has 1 aliphatic heterocycles. The molecule has 2 heterocycles. The van der Waals surface area contributed by atoms with Gasteiger partial charge in [0.2, 0.25) is 0 Å². The summed E-state index contributed by atoms with van der Waals surface area (Å²) in [5.74, 6) is 2.66. The van der Waals surface area contributed by atoms with E-state index >= 15 is 0 Å². The quantitative estimate of drug-likeness (QED) is 0.656. The van der Waals surface area contributed by atoms with E-state index in [0.29, 0.717) is 21.6 Å². The number of nitrogens with zero attached hydrogens (tertiary/aromatic N) is 1. The smallest absolute Gasteiger partial charge is 0.261 e. The summed E-state index contributed by atoms with van der Waals surface area (Å²) >= 11 is 3.90. The zero-order chi connectivity index (χ0) is 17.9. The van der Waals surface area contributed by atoms with Crippen LogP contribution in [0.4, 0.5) is 5.69 Å². The number of hydrogen-bond donors (Lipinski definition) is 1. The molecule has 0 unspecified atom stereocenters. The summed E-state index contributed by atoms with van der Waals surface area (Å²) in [4.78, 5) is 12.9. The van der Waals surface area contributed by atoms with Gasteiger partial charge in [-0.25, -0.2) is 0 Å². The van der Waals surface area contributed by atoms with Crippen LogP contribution in [0.15, 0.2) is 59.1 Å². The molecule has 1 amide bonds. The Balaban J connectivity index is 1.60. The Bertz CT molecular complexity index is 919. The third-order valence-corrected chi connectivity index (χ3v) is 7.28. The van der Waals surface area contributed by atoms with Gasteiger partial charge in [-0.1, -0.05) is 47.6 Å². The fourth-order valence-corrected chi connectivity index (χ4v) is 5.78. The van der Waals surface area contributed by atoms with Crippen LogP contribution in [-0.2, 0) is 0 Å². The number of amides is 1. The molecular weight excluding hydrogens is 364 g/mol. The largest absolute Gasteiger partial charge is 0.360 e. The van der Waals surface area contributed by atoms with Crippen molar-refractivity contribution >= 4 is 35.1 Å². The first kappa shape index (κ1) is 17.2. The van der Waals surface area contributed by atoms with Crippen LogP contribution in [0.1, 0.15) is 26.3 Å². The van der Waals surface area contributed by atoms with E-state index in [1.165, 1.54) is 17.1 Å². The number of carbonyl (C=O) groups is 1. The van der Waals surface area contributed by atoms with Crippen molar-refractivity contribution in [2.45, 2.75) is 11.5 Å². The number of aryl methyl sites for hydroxylation is 1. The molecule has 6 heteroatoms. The van der Waals surface area contributed by atoms with E-state index in [1.54, 1.807) is 6.92 Å². The highest BCUT2D eigenvalue weighted by Crippen LogP contribution is 2.45. The summed E-state index contributed by atoms with van der Waals surface area (Å²) in [5, 5.41) is 7.09. The molecule has 1 aliphatic rings. The van der Waals surface area contributed by atoms with Gasteiger partial charge in [-0.2, -0.15) is 0 Å². The summed E-state index contributed by atoms with van der Waals surface area (Å²) in [6.45, 7) is 1.76. The van der Waals surface area contributed by atoms with Gasteiger partial charge in [0.1, 0.15) is 17.0 Å². The Kier molecular flexibility index (Phi) is 5.04. The Morgan fingerprint density at radius 1 is 1.12 bits per heavy atom. The van der Waals surface area contributed by atoms with Gasteiger partial charge in [0.25, 0.3) is 5.91 Å². The molecule has 0 spiro atoms. The van der Waals surface area contributed by atoms with Crippen molar-refractivity contribution in [1.82, 2.24) is 5.16 Å². The van der Waals surface area contributed by atoms with Crippen LogP contribution in [0.3, 0.4) is 0 Å². The topological polar surface area (TPSA) is 55.1 Å². The number of benzene rings is 2. The van der Waals surface area contributed by atoms with Crippen molar-refractivity contribution in [3.63, 3.8) is 0 Å². The van der Waals surface area contributed by atoms with E-state index in [4.69, 9.17) is 4.52 Å². The first-order valence-corrected chi connectivity index (χ1v) is 10.5. The van der Waals surface area contributed by atoms with Gasteiger partial charge in [0.15, 0.2) is 0 Å². The summed E-state index contributed by atoms with van der Waals surface area (Å²) in [6.07, 6.45) is 0. The number of rotatable bonds is 4. The average Bonchev–Trinajstić information content (AvgIpc) is 3.32. The maximum atomic E-state index is 12.9. The molecule has 132 valence electrons. The Morgan fingerprint density at radius 2 is 1.88 bits per heavy atom. The summed E-state index contributed by atoms with van der Waals surface area (Å²) in [5.41, 5.74) is 3.94. The van der Waals surface area contributed by atoms with Crippen molar-refractivity contribution in [1.29, 1.82) is 0 Å². The van der Waals surface area contributed by atoms with Crippen molar-refractivity contribution in [2.75, 3.05) is 16.8 Å². The maximum absolute atomic E-state index is 12.9. The molecule has 4 rings (SSSR count). The number of aromatic nitrogens is 1. The molecule has 1 N–H and O–H groups in total. The predicted octanol–water partition coefficient (Wildman–Crippen LogP) is 5.38. The number of carbonyl (C=O) groups excluding carboxylic acids is 1. The molecule has 0 aliphatic carbocycles. The third-order valence-electron chi connectivity index (χ3n) is 4.18. The van der Waals surface area contributed by atoms with E-state index in [0.717, 1.165) is 11.3 Å². The van der Waals surface area contributed by atoms with Gasteiger partial charge in [0.05, 0.1) is 4.58 Å². The van der Waals surface area contributed by atoms with Crippen molar-refractivity contribution < 1.29 is 9.32 Å². The van der Waals surface area contributed by atoms with Crippen LogP contribution in [0.2, 0.25) is 0 Å².